The lowest BCUT2D eigenvalue weighted by Gasteiger charge is -2.08. The molecule has 6 nitrogen and oxygen atoms in total. The van der Waals surface area contributed by atoms with Crippen molar-refractivity contribution in [2.75, 3.05) is 0 Å². The zero-order valence-corrected chi connectivity index (χ0v) is 11.7. The highest BCUT2D eigenvalue weighted by molar-refractivity contribution is 5.69. The molecule has 6 heteroatoms. The van der Waals surface area contributed by atoms with Crippen molar-refractivity contribution in [3.63, 3.8) is 0 Å². The largest absolute Gasteiger partial charge is 0.459 e. The van der Waals surface area contributed by atoms with Gasteiger partial charge in [0.2, 0.25) is 0 Å². The summed E-state index contributed by atoms with van der Waals surface area (Å²) in [5.41, 5.74) is -0.0187. The third-order valence-corrected chi connectivity index (χ3v) is 3.00. The van der Waals surface area contributed by atoms with Gasteiger partial charge in [-0.1, -0.05) is 30.3 Å². The van der Waals surface area contributed by atoms with E-state index in [-0.39, 0.29) is 25.3 Å². The molecule has 0 unspecified atom stereocenters. The summed E-state index contributed by atoms with van der Waals surface area (Å²) in [4.78, 5) is 35.2. The number of benzene rings is 1. The molecular formula is C15H16N2O4. The van der Waals surface area contributed by atoms with E-state index in [1.165, 1.54) is 12.3 Å². The van der Waals surface area contributed by atoms with Gasteiger partial charge in [0, 0.05) is 18.8 Å². The molecule has 0 saturated heterocycles. The molecule has 0 spiro atoms. The maximum atomic E-state index is 11.9. The van der Waals surface area contributed by atoms with Gasteiger partial charge in [-0.25, -0.2) is 4.79 Å². The number of carbonyl (C=O) groups is 1. The van der Waals surface area contributed by atoms with E-state index in [4.69, 9.17) is 4.74 Å². The third-order valence-electron chi connectivity index (χ3n) is 3.00. The van der Waals surface area contributed by atoms with Crippen molar-refractivity contribution in [2.24, 2.45) is 0 Å². The minimum absolute atomic E-state index is 0.155. The fourth-order valence-corrected chi connectivity index (χ4v) is 1.89. The average Bonchev–Trinajstić information content (AvgIpc) is 2.50. The molecule has 0 saturated carbocycles. The van der Waals surface area contributed by atoms with Crippen molar-refractivity contribution in [1.29, 1.82) is 0 Å². The Balaban J connectivity index is 2.03. The second kappa shape index (κ2) is 6.69. The van der Waals surface area contributed by atoms with Gasteiger partial charge in [0.15, 0.2) is 0 Å². The molecule has 2 aromatic rings. The van der Waals surface area contributed by atoms with Crippen LogP contribution in [0.15, 0.2) is 52.2 Å². The number of esters is 1. The maximum Gasteiger partial charge on any atom is 0.331 e. The molecule has 110 valence electrons. The molecule has 0 fully saturated rings. The predicted molar refractivity (Wildman–Crippen MR) is 76.9 cm³/mol. The van der Waals surface area contributed by atoms with Crippen molar-refractivity contribution in [1.82, 2.24) is 9.13 Å². The van der Waals surface area contributed by atoms with Crippen LogP contribution >= 0.6 is 0 Å². The van der Waals surface area contributed by atoms with Gasteiger partial charge in [0.05, 0.1) is 0 Å². The van der Waals surface area contributed by atoms with Crippen molar-refractivity contribution < 1.29 is 9.53 Å². The molecular weight excluding hydrogens is 272 g/mol. The Morgan fingerprint density at radius 1 is 1.14 bits per heavy atom. The molecule has 0 N–H and O–H groups in total. The molecule has 0 aliphatic heterocycles. The van der Waals surface area contributed by atoms with Gasteiger partial charge in [-0.15, -0.1) is 0 Å². The lowest BCUT2D eigenvalue weighted by molar-refractivity contribution is -0.145. The van der Waals surface area contributed by atoms with Crippen LogP contribution < -0.4 is 11.2 Å². The highest BCUT2D eigenvalue weighted by atomic mass is 16.5. The molecule has 21 heavy (non-hydrogen) atoms. The van der Waals surface area contributed by atoms with Crippen LogP contribution in [0.4, 0.5) is 0 Å². The van der Waals surface area contributed by atoms with Gasteiger partial charge >= 0.3 is 11.7 Å². The Hall–Kier alpha value is -2.63. The normalized spacial score (nSPS) is 10.3. The molecule has 0 amide bonds. The lowest BCUT2D eigenvalue weighted by atomic mass is 10.2. The summed E-state index contributed by atoms with van der Waals surface area (Å²) < 4.78 is 7.33. The SMILES string of the molecule is CCn1c(=O)ccn(CC(=O)OCc2ccccc2)c1=O. The summed E-state index contributed by atoms with van der Waals surface area (Å²) in [7, 11) is 0. The van der Waals surface area contributed by atoms with Gasteiger partial charge in [-0.05, 0) is 12.5 Å². The van der Waals surface area contributed by atoms with E-state index >= 15 is 0 Å². The van der Waals surface area contributed by atoms with Crippen molar-refractivity contribution in [3.8, 4) is 0 Å². The number of carbonyl (C=O) groups excluding carboxylic acids is 1. The molecule has 0 radical (unpaired) electrons. The van der Waals surface area contributed by atoms with Gasteiger partial charge in [-0.3, -0.25) is 18.7 Å². The molecule has 0 atom stereocenters. The highest BCUT2D eigenvalue weighted by Gasteiger charge is 2.09. The fourth-order valence-electron chi connectivity index (χ4n) is 1.89. The Morgan fingerprint density at radius 3 is 2.52 bits per heavy atom. The molecule has 2 rings (SSSR count). The van der Waals surface area contributed by atoms with E-state index in [1.807, 2.05) is 30.3 Å². The Labute approximate surface area is 121 Å². The minimum atomic E-state index is -0.526. The smallest absolute Gasteiger partial charge is 0.331 e. The Kier molecular flexibility index (Phi) is 4.71. The summed E-state index contributed by atoms with van der Waals surface area (Å²) in [5, 5.41) is 0. The van der Waals surface area contributed by atoms with Crippen LogP contribution in [0.1, 0.15) is 12.5 Å². The first-order chi connectivity index (χ1) is 10.1. The number of hydrogen-bond donors (Lipinski definition) is 0. The second-order valence-electron chi connectivity index (χ2n) is 4.45. The lowest BCUT2D eigenvalue weighted by Crippen LogP contribution is -2.39. The molecule has 1 aromatic heterocycles. The molecule has 0 aliphatic carbocycles. The van der Waals surface area contributed by atoms with E-state index in [0.717, 1.165) is 14.7 Å². The quantitative estimate of drug-likeness (QED) is 0.762. The minimum Gasteiger partial charge on any atom is -0.459 e. The Bertz CT molecular complexity index is 731. The second-order valence-corrected chi connectivity index (χ2v) is 4.45. The first kappa shape index (κ1) is 14.8. The van der Waals surface area contributed by atoms with Gasteiger partial charge < -0.3 is 4.74 Å². The van der Waals surface area contributed by atoms with Crippen LogP contribution in [0.3, 0.4) is 0 Å². The summed E-state index contributed by atoms with van der Waals surface area (Å²) >= 11 is 0. The first-order valence-electron chi connectivity index (χ1n) is 6.61. The van der Waals surface area contributed by atoms with E-state index in [2.05, 4.69) is 0 Å². The number of nitrogens with zero attached hydrogens (tertiary/aromatic N) is 2. The van der Waals surface area contributed by atoms with Crippen LogP contribution in [-0.4, -0.2) is 15.1 Å². The zero-order chi connectivity index (χ0) is 15.2. The summed E-state index contributed by atoms with van der Waals surface area (Å²) in [6.45, 7) is 1.90. The van der Waals surface area contributed by atoms with Crippen molar-refractivity contribution >= 4 is 5.97 Å². The van der Waals surface area contributed by atoms with Crippen molar-refractivity contribution in [3.05, 3.63) is 69.0 Å². The zero-order valence-electron chi connectivity index (χ0n) is 11.7. The van der Waals surface area contributed by atoms with Crippen LogP contribution in [0.2, 0.25) is 0 Å². The maximum absolute atomic E-state index is 11.9. The number of rotatable bonds is 5. The van der Waals surface area contributed by atoms with Crippen molar-refractivity contribution in [2.45, 2.75) is 26.6 Å². The van der Waals surface area contributed by atoms with Gasteiger partial charge in [0.1, 0.15) is 13.2 Å². The van der Waals surface area contributed by atoms with E-state index in [1.54, 1.807) is 6.92 Å². The molecule has 0 aliphatic rings. The predicted octanol–water partition coefficient (Wildman–Crippen LogP) is 0.773. The monoisotopic (exact) mass is 288 g/mol. The van der Waals surface area contributed by atoms with Gasteiger partial charge in [0.25, 0.3) is 5.56 Å². The summed E-state index contributed by atoms with van der Waals surface area (Å²) in [6.07, 6.45) is 1.31. The number of aromatic nitrogens is 2. The topological polar surface area (TPSA) is 70.3 Å². The summed E-state index contributed by atoms with van der Waals surface area (Å²) in [5.74, 6) is -0.526. The average molecular weight is 288 g/mol. The standard InChI is InChI=1S/C15H16N2O4/c1-2-17-13(18)8-9-16(15(17)20)10-14(19)21-11-12-6-4-3-5-7-12/h3-9H,2,10-11H2,1H3. The number of ether oxygens (including phenoxy) is 1. The highest BCUT2D eigenvalue weighted by Crippen LogP contribution is 2.00. The van der Waals surface area contributed by atoms with Crippen LogP contribution in [0.25, 0.3) is 0 Å². The molecule has 1 heterocycles. The summed E-state index contributed by atoms with van der Waals surface area (Å²) in [6, 6.07) is 10.5. The molecule has 0 bridgehead atoms. The van der Waals surface area contributed by atoms with E-state index in [0.29, 0.717) is 0 Å². The third kappa shape index (κ3) is 3.68. The van der Waals surface area contributed by atoms with E-state index < -0.39 is 11.7 Å². The van der Waals surface area contributed by atoms with E-state index in [9.17, 15) is 14.4 Å². The van der Waals surface area contributed by atoms with Crippen LogP contribution in [0.5, 0.6) is 0 Å². The van der Waals surface area contributed by atoms with Crippen LogP contribution in [0, 0.1) is 0 Å². The van der Waals surface area contributed by atoms with Crippen LogP contribution in [-0.2, 0) is 29.2 Å². The molecule has 1 aromatic carbocycles. The fraction of sp³-hybridized carbons (Fsp3) is 0.267. The first-order valence-corrected chi connectivity index (χ1v) is 6.61. The van der Waals surface area contributed by atoms with Gasteiger partial charge in [-0.2, -0.15) is 0 Å². The Morgan fingerprint density at radius 2 is 1.86 bits per heavy atom. The number of hydrogen-bond acceptors (Lipinski definition) is 4.